The first-order valence-corrected chi connectivity index (χ1v) is 16.4. The van der Waals surface area contributed by atoms with Crippen molar-refractivity contribution in [1.29, 1.82) is 0 Å². The maximum atomic E-state index is 14.8. The number of amides is 1. The number of carbonyl (C=O) groups is 2. The number of hydrogen-bond acceptors (Lipinski definition) is 8. The molecule has 9 nitrogen and oxygen atoms in total. The number of carbonyl (C=O) groups excluding carboxylic acids is 2. The molecule has 4 rings (SSSR count). The van der Waals surface area contributed by atoms with Crippen LogP contribution in [0.25, 0.3) is 6.08 Å². The number of ether oxygens (including phenoxy) is 2. The smallest absolute Gasteiger partial charge is 0.410 e. The Morgan fingerprint density at radius 1 is 1.02 bits per heavy atom. The van der Waals surface area contributed by atoms with Crippen molar-refractivity contribution in [3.63, 3.8) is 0 Å². The molecule has 1 N–H and O–H groups in total. The van der Waals surface area contributed by atoms with Crippen molar-refractivity contribution in [3.8, 4) is 0 Å². The largest absolute Gasteiger partial charge is 0.457 e. The minimum Gasteiger partial charge on any atom is -0.457 e. The number of aliphatic hydroxyl groups is 1. The summed E-state index contributed by atoms with van der Waals surface area (Å²) in [6, 6.07) is 4.48. The third kappa shape index (κ3) is 11.2. The molecule has 47 heavy (non-hydrogen) atoms. The van der Waals surface area contributed by atoms with Crippen molar-refractivity contribution in [2.75, 3.05) is 70.9 Å². The molecule has 1 aromatic carbocycles. The molecule has 0 saturated carbocycles. The van der Waals surface area contributed by atoms with Gasteiger partial charge in [0.1, 0.15) is 18.0 Å². The van der Waals surface area contributed by atoms with Crippen LogP contribution in [0.4, 0.5) is 28.0 Å². The van der Waals surface area contributed by atoms with E-state index >= 15 is 0 Å². The Bertz CT molecular complexity index is 1280. The molecule has 5 atom stereocenters. The summed E-state index contributed by atoms with van der Waals surface area (Å²) in [5.41, 5.74) is 1.70. The predicted molar refractivity (Wildman–Crippen MR) is 171 cm³/mol. The van der Waals surface area contributed by atoms with Crippen LogP contribution in [0.1, 0.15) is 45.6 Å². The molecule has 13 heteroatoms. The number of rotatable bonds is 5. The van der Waals surface area contributed by atoms with Gasteiger partial charge in [0, 0.05) is 64.0 Å². The summed E-state index contributed by atoms with van der Waals surface area (Å²) in [4.78, 5) is 33.0. The Morgan fingerprint density at radius 3 is 2.36 bits per heavy atom. The number of benzene rings is 1. The van der Waals surface area contributed by atoms with Gasteiger partial charge in [0.15, 0.2) is 0 Å². The first-order valence-electron chi connectivity index (χ1n) is 16.4. The topological polar surface area (TPSA) is 85.8 Å². The lowest BCUT2D eigenvalue weighted by atomic mass is 9.91. The van der Waals surface area contributed by atoms with Crippen molar-refractivity contribution in [1.82, 2.24) is 14.7 Å². The van der Waals surface area contributed by atoms with E-state index in [2.05, 4.69) is 4.90 Å². The van der Waals surface area contributed by atoms with E-state index in [1.807, 2.05) is 37.9 Å². The second-order valence-electron chi connectivity index (χ2n) is 13.2. The van der Waals surface area contributed by atoms with Gasteiger partial charge in [-0.2, -0.15) is 13.2 Å². The summed E-state index contributed by atoms with van der Waals surface area (Å²) in [6.45, 7) is 8.37. The van der Waals surface area contributed by atoms with Crippen molar-refractivity contribution < 1.29 is 41.7 Å². The molecule has 1 amide bonds. The highest BCUT2D eigenvalue weighted by Gasteiger charge is 2.33. The SMILES string of the molecule is C/C(=C\c1cc(F)cc(N2CCN(CC(F)(F)F)CC2)c1)[C@H]1OC(=O)C[C@H](O)CC[C@H](C)[C@@H](OC(=O)N2CCN(C)CC2)/C=C\[C@@H]1C. The second-order valence-corrected chi connectivity index (χ2v) is 13.2. The zero-order valence-corrected chi connectivity index (χ0v) is 27.7. The summed E-state index contributed by atoms with van der Waals surface area (Å²) in [7, 11) is 2.01. The van der Waals surface area contributed by atoms with Crippen LogP contribution in [0.3, 0.4) is 0 Å². The quantitative estimate of drug-likeness (QED) is 0.268. The second kappa shape index (κ2) is 16.3. The molecule has 0 radical (unpaired) electrons. The number of piperazine rings is 2. The van der Waals surface area contributed by atoms with Gasteiger partial charge in [0.2, 0.25) is 0 Å². The van der Waals surface area contributed by atoms with Gasteiger partial charge >= 0.3 is 18.2 Å². The predicted octanol–water partition coefficient (Wildman–Crippen LogP) is 4.95. The number of halogens is 4. The Morgan fingerprint density at radius 2 is 1.70 bits per heavy atom. The zero-order valence-electron chi connectivity index (χ0n) is 27.7. The number of likely N-dealkylation sites (N-methyl/N-ethyl adjacent to an activating group) is 1. The number of cyclic esters (lactones) is 1. The summed E-state index contributed by atoms with van der Waals surface area (Å²) in [6.07, 6.45) is -0.806. The minimum absolute atomic E-state index is 0.115. The van der Waals surface area contributed by atoms with Crippen LogP contribution in [0.2, 0.25) is 0 Å². The fourth-order valence-corrected chi connectivity index (χ4v) is 6.25. The first-order chi connectivity index (χ1) is 22.2. The van der Waals surface area contributed by atoms with Gasteiger partial charge < -0.3 is 29.3 Å². The van der Waals surface area contributed by atoms with Gasteiger partial charge in [-0.25, -0.2) is 9.18 Å². The molecule has 3 aliphatic rings. The number of anilines is 1. The zero-order chi connectivity index (χ0) is 34.3. The van der Waals surface area contributed by atoms with Gasteiger partial charge in [0.25, 0.3) is 0 Å². The van der Waals surface area contributed by atoms with E-state index in [4.69, 9.17) is 9.47 Å². The molecule has 0 bridgehead atoms. The normalized spacial score (nSPS) is 28.7. The molecule has 2 saturated heterocycles. The van der Waals surface area contributed by atoms with Crippen molar-refractivity contribution in [2.24, 2.45) is 11.8 Å². The fraction of sp³-hybridized carbons (Fsp3) is 0.647. The van der Waals surface area contributed by atoms with Crippen molar-refractivity contribution in [2.45, 2.75) is 64.5 Å². The average Bonchev–Trinajstić information content (AvgIpc) is 2.99. The van der Waals surface area contributed by atoms with E-state index in [1.165, 1.54) is 17.0 Å². The van der Waals surface area contributed by atoms with Crippen LogP contribution in [-0.2, 0) is 14.3 Å². The van der Waals surface area contributed by atoms with Gasteiger partial charge in [-0.1, -0.05) is 26.0 Å². The van der Waals surface area contributed by atoms with Crippen LogP contribution in [0.5, 0.6) is 0 Å². The molecule has 0 spiro atoms. The molecule has 0 aromatic heterocycles. The highest BCUT2D eigenvalue weighted by atomic mass is 19.4. The van der Waals surface area contributed by atoms with Crippen LogP contribution in [0, 0.1) is 17.7 Å². The molecule has 262 valence electrons. The monoisotopic (exact) mass is 668 g/mol. The van der Waals surface area contributed by atoms with Gasteiger partial charge in [0.05, 0.1) is 19.1 Å². The third-order valence-corrected chi connectivity index (χ3v) is 9.15. The highest BCUT2D eigenvalue weighted by Crippen LogP contribution is 2.28. The van der Waals surface area contributed by atoms with Gasteiger partial charge in [-0.3, -0.25) is 9.69 Å². The molecule has 0 unspecified atom stereocenters. The lowest BCUT2D eigenvalue weighted by Crippen LogP contribution is -2.49. The number of alkyl halides is 3. The number of nitrogens with zero attached hydrogens (tertiary/aromatic N) is 4. The van der Waals surface area contributed by atoms with E-state index in [0.29, 0.717) is 55.8 Å². The van der Waals surface area contributed by atoms with Crippen LogP contribution in [-0.4, -0.2) is 122 Å². The van der Waals surface area contributed by atoms with E-state index in [-0.39, 0.29) is 37.4 Å². The average molecular weight is 669 g/mol. The van der Waals surface area contributed by atoms with E-state index in [0.717, 1.165) is 13.1 Å². The van der Waals surface area contributed by atoms with Crippen molar-refractivity contribution in [3.05, 3.63) is 47.3 Å². The van der Waals surface area contributed by atoms with Gasteiger partial charge in [-0.05, 0) is 68.1 Å². The number of aliphatic hydroxyl groups excluding tert-OH is 1. The Balaban J connectivity index is 1.52. The van der Waals surface area contributed by atoms with Gasteiger partial charge in [-0.15, -0.1) is 0 Å². The number of esters is 1. The lowest BCUT2D eigenvalue weighted by molar-refractivity contribution is -0.151. The maximum Gasteiger partial charge on any atom is 0.410 e. The molecule has 3 heterocycles. The fourth-order valence-electron chi connectivity index (χ4n) is 6.25. The summed E-state index contributed by atoms with van der Waals surface area (Å²) in [5.74, 6) is -1.53. The molecular formula is C34H48F4N4O5. The van der Waals surface area contributed by atoms with Crippen LogP contribution >= 0.6 is 0 Å². The Kier molecular flexibility index (Phi) is 12.7. The lowest BCUT2D eigenvalue weighted by Gasteiger charge is -2.36. The summed E-state index contributed by atoms with van der Waals surface area (Å²) >= 11 is 0. The number of hydrogen-bond donors (Lipinski definition) is 1. The summed E-state index contributed by atoms with van der Waals surface area (Å²) in [5, 5.41) is 10.6. The maximum absolute atomic E-state index is 14.8. The molecular weight excluding hydrogens is 620 g/mol. The van der Waals surface area contributed by atoms with Crippen molar-refractivity contribution >= 4 is 23.8 Å². The van der Waals surface area contributed by atoms with E-state index in [9.17, 15) is 32.3 Å². The van der Waals surface area contributed by atoms with E-state index < -0.39 is 42.8 Å². The third-order valence-electron chi connectivity index (χ3n) is 9.15. The highest BCUT2D eigenvalue weighted by molar-refractivity contribution is 5.71. The first kappa shape index (κ1) is 36.7. The Hall–Kier alpha value is -3.16. The summed E-state index contributed by atoms with van der Waals surface area (Å²) < 4.78 is 65.1. The van der Waals surface area contributed by atoms with Crippen LogP contribution in [0.15, 0.2) is 35.9 Å². The van der Waals surface area contributed by atoms with Crippen LogP contribution < -0.4 is 4.90 Å². The molecule has 3 aliphatic heterocycles. The minimum atomic E-state index is -4.27. The Labute approximate surface area is 274 Å². The molecule has 1 aromatic rings. The molecule has 0 aliphatic carbocycles. The molecule has 2 fully saturated rings. The van der Waals surface area contributed by atoms with E-state index in [1.54, 1.807) is 24.0 Å². The standard InChI is InChI=1S/C34H48F4N4O5/c1-23-5-7-29(43)21-31(44)47-32(24(2)6-8-30(23)46-33(45)42-13-9-39(4)10-14-42)25(3)17-26-18-27(35)20-28(19-26)41-15-11-40(12-16-41)22-34(36,37)38/h6,8,17-20,23-24,29-30,32,43H,5,7,9-16,21-22H2,1-4H3/b8-6-,25-17+/t23-,24-,29+,30-,32-/m0/s1.